The van der Waals surface area contributed by atoms with Gasteiger partial charge in [-0.05, 0) is 39.0 Å². The summed E-state index contributed by atoms with van der Waals surface area (Å²) in [6, 6.07) is 7.07. The Morgan fingerprint density at radius 2 is 2.20 bits per heavy atom. The molecule has 6 nitrogen and oxygen atoms in total. The number of nitrogens with zero attached hydrogens (tertiary/aromatic N) is 4. The average Bonchev–Trinajstić information content (AvgIpc) is 2.77. The van der Waals surface area contributed by atoms with Crippen molar-refractivity contribution in [3.05, 3.63) is 41.3 Å². The number of carbonyl (C=O) groups is 1. The Hall–Kier alpha value is -2.68. The summed E-state index contributed by atoms with van der Waals surface area (Å²) in [6.07, 6.45) is 0.635. The number of aryl methyl sites for hydroxylation is 2. The summed E-state index contributed by atoms with van der Waals surface area (Å²) in [5.74, 6) is 0.0620. The fraction of sp³-hybridized carbons (Fsp3) is 0.286. The summed E-state index contributed by atoms with van der Waals surface area (Å²) in [7, 11) is 0. The molecule has 2 heterocycles. The van der Waals surface area contributed by atoms with Gasteiger partial charge in [0.1, 0.15) is 6.07 Å². The monoisotopic (exact) mass is 270 g/mol. The minimum atomic E-state index is -0.779. The number of pyridine rings is 1. The molecule has 20 heavy (non-hydrogen) atoms. The first kappa shape index (κ1) is 13.7. The number of aromatic nitrogens is 3. The molecule has 0 bridgehead atoms. The lowest BCUT2D eigenvalue weighted by Gasteiger charge is -2.07. The highest BCUT2D eigenvalue weighted by atomic mass is 16.5. The molecule has 0 fully saturated rings. The maximum atomic E-state index is 11.7. The Morgan fingerprint density at radius 1 is 1.45 bits per heavy atom. The highest BCUT2D eigenvalue weighted by Gasteiger charge is 2.12. The quantitative estimate of drug-likeness (QED) is 0.796. The Labute approximate surface area is 116 Å². The first-order chi connectivity index (χ1) is 9.51. The Bertz CT molecular complexity index is 667. The van der Waals surface area contributed by atoms with E-state index >= 15 is 0 Å². The molecule has 1 unspecified atom stereocenters. The van der Waals surface area contributed by atoms with Crippen LogP contribution in [0.5, 0.6) is 0 Å². The van der Waals surface area contributed by atoms with E-state index in [-0.39, 0.29) is 0 Å². The van der Waals surface area contributed by atoms with Crippen molar-refractivity contribution in [1.29, 1.82) is 5.26 Å². The zero-order chi connectivity index (χ0) is 14.7. The minimum absolute atomic E-state index is 0.303. The fourth-order valence-electron chi connectivity index (χ4n) is 1.75. The number of nitriles is 1. The molecule has 0 aliphatic heterocycles. The lowest BCUT2D eigenvalue weighted by Crippen LogP contribution is -2.13. The van der Waals surface area contributed by atoms with Gasteiger partial charge in [-0.15, -0.1) is 0 Å². The smallest absolute Gasteiger partial charge is 0.341 e. The van der Waals surface area contributed by atoms with E-state index in [0.29, 0.717) is 11.4 Å². The molecule has 0 amide bonds. The van der Waals surface area contributed by atoms with Gasteiger partial charge >= 0.3 is 5.97 Å². The fourth-order valence-corrected chi connectivity index (χ4v) is 1.75. The Morgan fingerprint density at radius 3 is 2.70 bits per heavy atom. The molecule has 2 aromatic rings. The van der Waals surface area contributed by atoms with E-state index in [1.165, 1.54) is 13.1 Å². The molecule has 1 atom stereocenters. The van der Waals surface area contributed by atoms with Crippen LogP contribution in [0.25, 0.3) is 5.82 Å². The van der Waals surface area contributed by atoms with Crippen molar-refractivity contribution < 1.29 is 9.53 Å². The molecule has 102 valence electrons. The van der Waals surface area contributed by atoms with Crippen LogP contribution in [0.1, 0.15) is 28.7 Å². The summed E-state index contributed by atoms with van der Waals surface area (Å²) >= 11 is 0. The predicted octanol–water partition coefficient (Wildman–Crippen LogP) is 1.95. The molecule has 0 N–H and O–H groups in total. The molecule has 0 radical (unpaired) electrons. The van der Waals surface area contributed by atoms with Gasteiger partial charge in [0.05, 0.1) is 11.3 Å². The van der Waals surface area contributed by atoms with Crippen molar-refractivity contribution in [2.75, 3.05) is 0 Å². The minimum Gasteiger partial charge on any atom is -0.444 e. The molecule has 0 aliphatic carbocycles. The average molecular weight is 270 g/mol. The zero-order valence-corrected chi connectivity index (χ0v) is 11.5. The van der Waals surface area contributed by atoms with E-state index in [1.807, 2.05) is 26.0 Å². The van der Waals surface area contributed by atoms with Gasteiger partial charge in [-0.1, -0.05) is 0 Å². The third-order valence-corrected chi connectivity index (χ3v) is 2.68. The number of rotatable bonds is 3. The van der Waals surface area contributed by atoms with Crippen LogP contribution in [-0.2, 0) is 4.74 Å². The summed E-state index contributed by atoms with van der Waals surface area (Å²) in [5, 5.41) is 12.9. The second kappa shape index (κ2) is 5.53. The molecular weight excluding hydrogens is 256 g/mol. The number of hydrogen-bond donors (Lipinski definition) is 0. The highest BCUT2D eigenvalue weighted by molar-refractivity contribution is 5.89. The maximum absolute atomic E-state index is 11.7. The van der Waals surface area contributed by atoms with Gasteiger partial charge < -0.3 is 4.74 Å². The second-order valence-corrected chi connectivity index (χ2v) is 4.42. The molecule has 6 heteroatoms. The Kier molecular flexibility index (Phi) is 3.80. The van der Waals surface area contributed by atoms with Crippen molar-refractivity contribution in [3.63, 3.8) is 0 Å². The van der Waals surface area contributed by atoms with Crippen molar-refractivity contribution in [2.45, 2.75) is 26.9 Å². The summed E-state index contributed by atoms with van der Waals surface area (Å²) in [6.45, 7) is 5.34. The zero-order valence-electron chi connectivity index (χ0n) is 11.5. The molecule has 2 aromatic heterocycles. The van der Waals surface area contributed by atoms with Crippen LogP contribution < -0.4 is 0 Å². The van der Waals surface area contributed by atoms with Crippen molar-refractivity contribution in [2.24, 2.45) is 0 Å². The number of ether oxygens (including phenoxy) is 1. The summed E-state index contributed by atoms with van der Waals surface area (Å²) < 4.78 is 6.59. The first-order valence-corrected chi connectivity index (χ1v) is 6.11. The van der Waals surface area contributed by atoms with Crippen molar-refractivity contribution in [3.8, 4) is 11.9 Å². The van der Waals surface area contributed by atoms with Crippen LogP contribution in [0, 0.1) is 25.2 Å². The van der Waals surface area contributed by atoms with Crippen molar-refractivity contribution >= 4 is 5.97 Å². The largest absolute Gasteiger partial charge is 0.444 e. The van der Waals surface area contributed by atoms with Gasteiger partial charge in [-0.3, -0.25) is 0 Å². The molecule has 0 aromatic carbocycles. The maximum Gasteiger partial charge on any atom is 0.341 e. The predicted molar refractivity (Wildman–Crippen MR) is 71.3 cm³/mol. The molecule has 0 saturated carbocycles. The first-order valence-electron chi connectivity index (χ1n) is 6.11. The lowest BCUT2D eigenvalue weighted by atomic mass is 10.3. The van der Waals surface area contributed by atoms with Crippen LogP contribution >= 0.6 is 0 Å². The van der Waals surface area contributed by atoms with E-state index in [2.05, 4.69) is 10.1 Å². The lowest BCUT2D eigenvalue weighted by molar-refractivity contribution is 0.0435. The van der Waals surface area contributed by atoms with E-state index < -0.39 is 12.1 Å². The normalized spacial score (nSPS) is 11.7. The van der Waals surface area contributed by atoms with E-state index in [0.717, 1.165) is 11.4 Å². The van der Waals surface area contributed by atoms with E-state index in [4.69, 9.17) is 10.00 Å². The Balaban J connectivity index is 2.21. The van der Waals surface area contributed by atoms with Gasteiger partial charge in [0.2, 0.25) is 0 Å². The number of esters is 1. The SMILES string of the molecule is Cc1cc(C)n(-c2ccc(C(=O)OC(C)C#N)cn2)n1. The number of carbonyl (C=O) groups excluding carboxylic acids is 1. The second-order valence-electron chi connectivity index (χ2n) is 4.42. The van der Waals surface area contributed by atoms with Gasteiger partial charge in [0, 0.05) is 11.9 Å². The van der Waals surface area contributed by atoms with E-state index in [1.54, 1.807) is 16.8 Å². The summed E-state index contributed by atoms with van der Waals surface area (Å²) in [4.78, 5) is 15.9. The molecule has 0 spiro atoms. The third-order valence-electron chi connectivity index (χ3n) is 2.68. The molecule has 0 aliphatic rings. The number of hydrogen-bond acceptors (Lipinski definition) is 5. The molecular formula is C14H14N4O2. The van der Waals surface area contributed by atoms with Gasteiger partial charge in [-0.2, -0.15) is 10.4 Å². The highest BCUT2D eigenvalue weighted by Crippen LogP contribution is 2.11. The van der Waals surface area contributed by atoms with Crippen LogP contribution in [0.15, 0.2) is 24.4 Å². The van der Waals surface area contributed by atoms with E-state index in [9.17, 15) is 4.79 Å². The van der Waals surface area contributed by atoms with Crippen LogP contribution in [0.2, 0.25) is 0 Å². The standard InChI is InChI=1S/C14H14N4O2/c1-9-6-10(2)18(17-9)13-5-4-12(8-16-13)14(19)20-11(3)7-15/h4-6,8,11H,1-3H3. The third kappa shape index (κ3) is 2.83. The van der Waals surface area contributed by atoms with Crippen molar-refractivity contribution in [1.82, 2.24) is 14.8 Å². The van der Waals surface area contributed by atoms with Crippen LogP contribution in [-0.4, -0.2) is 26.8 Å². The van der Waals surface area contributed by atoms with Gasteiger partial charge in [0.15, 0.2) is 11.9 Å². The van der Waals surface area contributed by atoms with Gasteiger partial charge in [-0.25, -0.2) is 14.5 Å². The molecule has 2 rings (SSSR count). The molecule has 0 saturated heterocycles. The van der Waals surface area contributed by atoms with Crippen LogP contribution in [0.4, 0.5) is 0 Å². The van der Waals surface area contributed by atoms with Crippen LogP contribution in [0.3, 0.4) is 0 Å². The summed E-state index contributed by atoms with van der Waals surface area (Å²) in [5.41, 5.74) is 2.16. The van der Waals surface area contributed by atoms with Gasteiger partial charge in [0.25, 0.3) is 0 Å². The topological polar surface area (TPSA) is 80.8 Å².